The van der Waals surface area contributed by atoms with E-state index in [0.29, 0.717) is 31.1 Å². The summed E-state index contributed by atoms with van der Waals surface area (Å²) >= 11 is 7.61. The molecule has 172 valence electrons. The summed E-state index contributed by atoms with van der Waals surface area (Å²) in [7, 11) is 3.28. The lowest BCUT2D eigenvalue weighted by molar-refractivity contribution is -0.131. The van der Waals surface area contributed by atoms with Gasteiger partial charge in [0, 0.05) is 54.5 Å². The second-order valence-electron chi connectivity index (χ2n) is 7.66. The molecule has 0 bridgehead atoms. The minimum atomic E-state index is 0.0798. The van der Waals surface area contributed by atoms with E-state index in [1.54, 1.807) is 25.6 Å². The lowest BCUT2D eigenvalue weighted by Gasteiger charge is -2.22. The van der Waals surface area contributed by atoms with Gasteiger partial charge < -0.3 is 14.4 Å². The molecular weight excluding hydrogens is 458 g/mol. The maximum atomic E-state index is 13.0. The fraction of sp³-hybridized carbons (Fsp3) is 0.280. The number of carbonyl (C=O) groups excluding carboxylic acids is 1. The minimum Gasteiger partial charge on any atom is -0.497 e. The van der Waals surface area contributed by atoms with Crippen molar-refractivity contribution >= 4 is 33.8 Å². The number of aromatic nitrogens is 2. The van der Waals surface area contributed by atoms with Crippen LogP contribution in [0.25, 0.3) is 16.2 Å². The van der Waals surface area contributed by atoms with Crippen LogP contribution in [-0.4, -0.2) is 54.1 Å². The number of nitrogens with zero attached hydrogens (tertiary/aromatic N) is 3. The molecule has 0 aliphatic rings. The van der Waals surface area contributed by atoms with E-state index in [4.69, 9.17) is 26.1 Å². The first kappa shape index (κ1) is 23.3. The highest BCUT2D eigenvalue weighted by Gasteiger charge is 2.16. The molecule has 0 fully saturated rings. The summed E-state index contributed by atoms with van der Waals surface area (Å²) in [5.74, 6) is 0.860. The standard InChI is InChI=1S/C25H26ClN3O3S/c1-31-14-13-28(24(30)15-18-3-9-22(32-2)10-4-18)12-11-21-17-33-25-27-23(16-29(21)25)19-5-7-20(26)8-6-19/h3-10,16-17H,11-15H2,1-2H3. The number of carbonyl (C=O) groups is 1. The highest BCUT2D eigenvalue weighted by molar-refractivity contribution is 7.15. The molecule has 0 atom stereocenters. The third kappa shape index (κ3) is 5.74. The molecule has 0 aliphatic heterocycles. The molecule has 8 heteroatoms. The number of ether oxygens (including phenoxy) is 2. The van der Waals surface area contributed by atoms with Crippen LogP contribution in [0.15, 0.2) is 60.1 Å². The zero-order valence-electron chi connectivity index (χ0n) is 18.7. The fourth-order valence-corrected chi connectivity index (χ4v) is 4.64. The van der Waals surface area contributed by atoms with Crippen LogP contribution < -0.4 is 4.74 Å². The number of amides is 1. The summed E-state index contributed by atoms with van der Waals surface area (Å²) in [4.78, 5) is 20.6. The van der Waals surface area contributed by atoms with Crippen molar-refractivity contribution in [3.05, 3.63) is 76.4 Å². The number of fused-ring (bicyclic) bond motifs is 1. The summed E-state index contributed by atoms with van der Waals surface area (Å²) < 4.78 is 12.5. The molecule has 0 spiro atoms. The van der Waals surface area contributed by atoms with Crippen molar-refractivity contribution in [2.24, 2.45) is 0 Å². The molecule has 0 saturated heterocycles. The maximum absolute atomic E-state index is 13.0. The largest absolute Gasteiger partial charge is 0.497 e. The first-order chi connectivity index (χ1) is 16.1. The van der Waals surface area contributed by atoms with Crippen LogP contribution in [0.5, 0.6) is 5.75 Å². The number of imidazole rings is 1. The molecule has 0 unspecified atom stereocenters. The second kappa shape index (κ2) is 10.8. The molecule has 0 saturated carbocycles. The van der Waals surface area contributed by atoms with Crippen molar-refractivity contribution in [1.82, 2.24) is 14.3 Å². The van der Waals surface area contributed by atoms with E-state index < -0.39 is 0 Å². The van der Waals surface area contributed by atoms with Gasteiger partial charge >= 0.3 is 0 Å². The van der Waals surface area contributed by atoms with Crippen molar-refractivity contribution in [2.45, 2.75) is 12.8 Å². The second-order valence-corrected chi connectivity index (χ2v) is 8.93. The Morgan fingerprint density at radius 1 is 1.09 bits per heavy atom. The number of halogens is 1. The molecule has 0 radical (unpaired) electrons. The summed E-state index contributed by atoms with van der Waals surface area (Å²) in [6.07, 6.45) is 3.12. The number of thiazole rings is 1. The van der Waals surface area contributed by atoms with Gasteiger partial charge in [0.2, 0.25) is 5.91 Å². The van der Waals surface area contributed by atoms with Crippen molar-refractivity contribution in [2.75, 3.05) is 33.9 Å². The van der Waals surface area contributed by atoms with E-state index in [2.05, 4.69) is 9.78 Å². The molecule has 2 aromatic carbocycles. The average molecular weight is 484 g/mol. The van der Waals surface area contributed by atoms with Gasteiger partial charge in [0.1, 0.15) is 5.75 Å². The summed E-state index contributed by atoms with van der Waals surface area (Å²) in [5.41, 5.74) is 4.02. The van der Waals surface area contributed by atoms with E-state index in [0.717, 1.165) is 39.6 Å². The number of hydrogen-bond donors (Lipinski definition) is 0. The van der Waals surface area contributed by atoms with E-state index >= 15 is 0 Å². The van der Waals surface area contributed by atoms with Gasteiger partial charge in [-0.15, -0.1) is 11.3 Å². The third-order valence-electron chi connectivity index (χ3n) is 5.49. The van der Waals surface area contributed by atoms with Crippen LogP contribution in [0.4, 0.5) is 0 Å². The predicted molar refractivity (Wildman–Crippen MR) is 132 cm³/mol. The number of rotatable bonds is 10. The van der Waals surface area contributed by atoms with E-state index in [1.165, 1.54) is 0 Å². The first-order valence-corrected chi connectivity index (χ1v) is 11.9. The van der Waals surface area contributed by atoms with E-state index in [1.807, 2.05) is 59.6 Å². The average Bonchev–Trinajstić information content (AvgIpc) is 3.41. The molecule has 0 N–H and O–H groups in total. The first-order valence-electron chi connectivity index (χ1n) is 10.7. The molecule has 4 rings (SSSR count). The molecule has 2 heterocycles. The third-order valence-corrected chi connectivity index (χ3v) is 6.63. The van der Waals surface area contributed by atoms with Gasteiger partial charge in [-0.05, 0) is 29.8 Å². The highest BCUT2D eigenvalue weighted by atomic mass is 35.5. The highest BCUT2D eigenvalue weighted by Crippen LogP contribution is 2.25. The van der Waals surface area contributed by atoms with E-state index in [9.17, 15) is 4.79 Å². The van der Waals surface area contributed by atoms with Gasteiger partial charge in [-0.3, -0.25) is 9.20 Å². The molecular formula is C25H26ClN3O3S. The van der Waals surface area contributed by atoms with Gasteiger partial charge in [0.05, 0.1) is 25.8 Å². The molecule has 6 nitrogen and oxygen atoms in total. The van der Waals surface area contributed by atoms with Crippen molar-refractivity contribution in [1.29, 1.82) is 0 Å². The van der Waals surface area contributed by atoms with Crippen molar-refractivity contribution in [3.63, 3.8) is 0 Å². The summed E-state index contributed by atoms with van der Waals surface area (Å²) in [6, 6.07) is 15.3. The molecule has 0 aliphatic carbocycles. The Morgan fingerprint density at radius 3 is 2.55 bits per heavy atom. The van der Waals surface area contributed by atoms with Gasteiger partial charge in [-0.25, -0.2) is 4.98 Å². The Morgan fingerprint density at radius 2 is 1.85 bits per heavy atom. The molecule has 2 aromatic heterocycles. The van der Waals surface area contributed by atoms with Gasteiger partial charge in [-0.1, -0.05) is 35.9 Å². The van der Waals surface area contributed by atoms with Crippen LogP contribution >= 0.6 is 22.9 Å². The molecule has 4 aromatic rings. The zero-order chi connectivity index (χ0) is 23.2. The smallest absolute Gasteiger partial charge is 0.227 e. The Balaban J connectivity index is 1.45. The van der Waals surface area contributed by atoms with Crippen LogP contribution in [-0.2, 0) is 22.4 Å². The lowest BCUT2D eigenvalue weighted by atomic mass is 10.1. The number of benzene rings is 2. The van der Waals surface area contributed by atoms with Crippen LogP contribution in [0.3, 0.4) is 0 Å². The van der Waals surface area contributed by atoms with Crippen molar-refractivity contribution < 1.29 is 14.3 Å². The van der Waals surface area contributed by atoms with Crippen molar-refractivity contribution in [3.8, 4) is 17.0 Å². The topological polar surface area (TPSA) is 56.1 Å². The summed E-state index contributed by atoms with van der Waals surface area (Å²) in [6.45, 7) is 1.66. The zero-order valence-corrected chi connectivity index (χ0v) is 20.2. The van der Waals surface area contributed by atoms with Gasteiger partial charge in [0.25, 0.3) is 0 Å². The summed E-state index contributed by atoms with van der Waals surface area (Å²) in [5, 5.41) is 2.81. The Bertz CT molecular complexity index is 1200. The quantitative estimate of drug-likeness (QED) is 0.319. The maximum Gasteiger partial charge on any atom is 0.227 e. The fourth-order valence-electron chi connectivity index (χ4n) is 3.61. The van der Waals surface area contributed by atoms with Crippen LogP contribution in [0.1, 0.15) is 11.3 Å². The monoisotopic (exact) mass is 483 g/mol. The normalized spacial score (nSPS) is 11.1. The predicted octanol–water partition coefficient (Wildman–Crippen LogP) is 4.99. The number of methoxy groups -OCH3 is 2. The Hall–Kier alpha value is -2.87. The van der Waals surface area contributed by atoms with Gasteiger partial charge in [-0.2, -0.15) is 0 Å². The van der Waals surface area contributed by atoms with Crippen LogP contribution in [0, 0.1) is 0 Å². The number of hydrogen-bond acceptors (Lipinski definition) is 5. The molecule has 1 amide bonds. The minimum absolute atomic E-state index is 0.0798. The lowest BCUT2D eigenvalue weighted by Crippen LogP contribution is -2.36. The Labute approximate surface area is 202 Å². The van der Waals surface area contributed by atoms with Crippen LogP contribution in [0.2, 0.25) is 5.02 Å². The van der Waals surface area contributed by atoms with Gasteiger partial charge in [0.15, 0.2) is 4.96 Å². The Kier molecular flexibility index (Phi) is 7.65. The van der Waals surface area contributed by atoms with E-state index in [-0.39, 0.29) is 5.91 Å². The molecule has 33 heavy (non-hydrogen) atoms. The SMILES string of the molecule is COCCN(CCc1csc2nc(-c3ccc(Cl)cc3)cn12)C(=O)Cc1ccc(OC)cc1.